The number of benzene rings is 1. The second-order valence-electron chi connectivity index (χ2n) is 4.63. The van der Waals surface area contributed by atoms with E-state index in [2.05, 4.69) is 5.32 Å². The fraction of sp³-hybridized carbons (Fsp3) is 0.429. The first kappa shape index (κ1) is 12.6. The van der Waals surface area contributed by atoms with Crippen molar-refractivity contribution in [1.82, 2.24) is 5.32 Å². The minimum atomic E-state index is -0.309. The summed E-state index contributed by atoms with van der Waals surface area (Å²) in [6.07, 6.45) is 2.46. The molecule has 2 N–H and O–H groups in total. The van der Waals surface area contributed by atoms with Crippen LogP contribution in [-0.2, 0) is 0 Å². The molecule has 94 valence electrons. The third-order valence-electron chi connectivity index (χ3n) is 3.44. The predicted molar refractivity (Wildman–Crippen MR) is 66.8 cm³/mol. The lowest BCUT2D eigenvalue weighted by atomic mass is 10.0. The van der Waals surface area contributed by atoms with Crippen molar-refractivity contribution in [3.05, 3.63) is 35.4 Å². The number of amides is 1. The van der Waals surface area contributed by atoms with Crippen LogP contribution in [0.2, 0.25) is 0 Å². The third kappa shape index (κ3) is 2.69. The Morgan fingerprint density at radius 2 is 2.22 bits per heavy atom. The number of aliphatic hydroxyl groups is 1. The van der Waals surface area contributed by atoms with Crippen molar-refractivity contribution in [3.63, 3.8) is 0 Å². The van der Waals surface area contributed by atoms with Crippen LogP contribution in [0.15, 0.2) is 24.3 Å². The van der Waals surface area contributed by atoms with Gasteiger partial charge in [0.1, 0.15) is 0 Å². The molecule has 1 aliphatic carbocycles. The molecule has 1 aliphatic rings. The van der Waals surface area contributed by atoms with E-state index < -0.39 is 0 Å². The van der Waals surface area contributed by atoms with Crippen LogP contribution in [0, 0.1) is 17.2 Å². The van der Waals surface area contributed by atoms with E-state index in [9.17, 15) is 9.90 Å². The molecule has 0 bridgehead atoms. The van der Waals surface area contributed by atoms with Crippen LogP contribution in [0.5, 0.6) is 0 Å². The van der Waals surface area contributed by atoms with Gasteiger partial charge in [0.05, 0.1) is 23.3 Å². The van der Waals surface area contributed by atoms with E-state index in [1.807, 2.05) is 6.07 Å². The lowest BCUT2D eigenvalue weighted by Gasteiger charge is -2.15. The summed E-state index contributed by atoms with van der Waals surface area (Å²) in [6.45, 7) is 0.472. The molecule has 1 saturated carbocycles. The summed E-state index contributed by atoms with van der Waals surface area (Å²) in [5.74, 6) is -0.102. The van der Waals surface area contributed by atoms with E-state index in [1.54, 1.807) is 24.3 Å². The molecule has 0 aliphatic heterocycles. The zero-order chi connectivity index (χ0) is 13.0. The molecular formula is C14H16N2O2. The molecule has 0 saturated heterocycles. The Kier molecular flexibility index (Phi) is 3.96. The molecule has 1 fully saturated rings. The van der Waals surface area contributed by atoms with Crippen LogP contribution in [0.4, 0.5) is 0 Å². The summed E-state index contributed by atoms with van der Waals surface area (Å²) >= 11 is 0. The second-order valence-corrected chi connectivity index (χ2v) is 4.63. The molecule has 0 heterocycles. The first-order valence-corrected chi connectivity index (χ1v) is 6.17. The number of nitriles is 1. The largest absolute Gasteiger partial charge is 0.393 e. The Morgan fingerprint density at radius 3 is 2.89 bits per heavy atom. The average molecular weight is 244 g/mol. The molecule has 1 amide bonds. The van der Waals surface area contributed by atoms with Crippen molar-refractivity contribution < 1.29 is 9.90 Å². The summed E-state index contributed by atoms with van der Waals surface area (Å²) in [5, 5.41) is 21.4. The molecule has 18 heavy (non-hydrogen) atoms. The third-order valence-corrected chi connectivity index (χ3v) is 3.44. The highest BCUT2D eigenvalue weighted by atomic mass is 16.3. The molecule has 4 nitrogen and oxygen atoms in total. The van der Waals surface area contributed by atoms with Gasteiger partial charge in [-0.3, -0.25) is 4.79 Å². The quantitative estimate of drug-likeness (QED) is 0.845. The first-order chi connectivity index (χ1) is 8.72. The molecule has 0 aromatic heterocycles. The number of rotatable bonds is 3. The van der Waals surface area contributed by atoms with Crippen LogP contribution in [-0.4, -0.2) is 23.7 Å². The molecule has 0 radical (unpaired) electrons. The van der Waals surface area contributed by atoms with Crippen molar-refractivity contribution in [3.8, 4) is 6.07 Å². The van der Waals surface area contributed by atoms with Crippen molar-refractivity contribution in [1.29, 1.82) is 5.26 Å². The molecule has 0 spiro atoms. The number of hydrogen-bond donors (Lipinski definition) is 2. The highest BCUT2D eigenvalue weighted by Gasteiger charge is 2.25. The van der Waals surface area contributed by atoms with Gasteiger partial charge in [0.2, 0.25) is 0 Å². The Bertz CT molecular complexity index is 479. The number of nitrogens with zero attached hydrogens (tertiary/aromatic N) is 1. The zero-order valence-electron chi connectivity index (χ0n) is 10.1. The Balaban J connectivity index is 1.98. The molecule has 1 aromatic rings. The topological polar surface area (TPSA) is 73.1 Å². The lowest BCUT2D eigenvalue weighted by Crippen LogP contribution is -2.32. The van der Waals surface area contributed by atoms with Gasteiger partial charge in [-0.05, 0) is 25.0 Å². The first-order valence-electron chi connectivity index (χ1n) is 6.17. The summed E-state index contributed by atoms with van der Waals surface area (Å²) in [7, 11) is 0. The predicted octanol–water partition coefficient (Wildman–Crippen LogP) is 1.45. The molecule has 2 atom stereocenters. The van der Waals surface area contributed by atoms with Gasteiger partial charge in [-0.25, -0.2) is 0 Å². The summed E-state index contributed by atoms with van der Waals surface area (Å²) in [5.41, 5.74) is 0.773. The maximum Gasteiger partial charge on any atom is 0.252 e. The van der Waals surface area contributed by atoms with E-state index >= 15 is 0 Å². The standard InChI is InChI=1S/C14H16N2O2/c15-8-10-4-1-2-6-12(10)14(18)16-9-11-5-3-7-13(11)17/h1-2,4,6,11,13,17H,3,5,7,9H2,(H,16,18). The molecular weight excluding hydrogens is 228 g/mol. The van der Waals surface area contributed by atoms with Crippen LogP contribution in [0.3, 0.4) is 0 Å². The SMILES string of the molecule is N#Cc1ccccc1C(=O)NCC1CCCC1O. The average Bonchev–Trinajstić information content (AvgIpc) is 2.81. The Hall–Kier alpha value is -1.86. The Morgan fingerprint density at radius 1 is 1.44 bits per heavy atom. The maximum atomic E-state index is 11.9. The molecule has 2 rings (SSSR count). The lowest BCUT2D eigenvalue weighted by molar-refractivity contribution is 0.0916. The zero-order valence-corrected chi connectivity index (χ0v) is 10.1. The monoisotopic (exact) mass is 244 g/mol. The summed E-state index contributed by atoms with van der Waals surface area (Å²) in [4.78, 5) is 11.9. The van der Waals surface area contributed by atoms with Crippen LogP contribution >= 0.6 is 0 Å². The van der Waals surface area contributed by atoms with Gasteiger partial charge in [-0.1, -0.05) is 18.6 Å². The van der Waals surface area contributed by atoms with Gasteiger partial charge < -0.3 is 10.4 Å². The van der Waals surface area contributed by atoms with Gasteiger partial charge >= 0.3 is 0 Å². The van der Waals surface area contributed by atoms with Crippen molar-refractivity contribution in [2.24, 2.45) is 5.92 Å². The summed E-state index contributed by atoms with van der Waals surface area (Å²) in [6, 6.07) is 8.73. The minimum absolute atomic E-state index is 0.142. The second kappa shape index (κ2) is 5.65. The van der Waals surface area contributed by atoms with E-state index in [0.717, 1.165) is 19.3 Å². The smallest absolute Gasteiger partial charge is 0.252 e. The van der Waals surface area contributed by atoms with Crippen LogP contribution < -0.4 is 5.32 Å². The van der Waals surface area contributed by atoms with E-state index in [1.165, 1.54) is 0 Å². The van der Waals surface area contributed by atoms with Gasteiger partial charge in [0, 0.05) is 12.5 Å². The number of carbonyl (C=O) groups excluding carboxylic acids is 1. The highest BCUT2D eigenvalue weighted by molar-refractivity contribution is 5.96. The number of nitrogens with one attached hydrogen (secondary N) is 1. The molecule has 1 aromatic carbocycles. The number of carbonyl (C=O) groups is 1. The van der Waals surface area contributed by atoms with E-state index in [4.69, 9.17) is 5.26 Å². The summed E-state index contributed by atoms with van der Waals surface area (Å²) < 4.78 is 0. The number of hydrogen-bond acceptors (Lipinski definition) is 3. The van der Waals surface area contributed by atoms with Gasteiger partial charge in [-0.2, -0.15) is 5.26 Å². The van der Waals surface area contributed by atoms with E-state index in [-0.39, 0.29) is 17.9 Å². The fourth-order valence-electron chi connectivity index (χ4n) is 2.35. The minimum Gasteiger partial charge on any atom is -0.393 e. The van der Waals surface area contributed by atoms with Crippen molar-refractivity contribution >= 4 is 5.91 Å². The van der Waals surface area contributed by atoms with Crippen molar-refractivity contribution in [2.45, 2.75) is 25.4 Å². The van der Waals surface area contributed by atoms with Crippen LogP contribution in [0.25, 0.3) is 0 Å². The fourth-order valence-corrected chi connectivity index (χ4v) is 2.35. The van der Waals surface area contributed by atoms with Gasteiger partial charge in [0.25, 0.3) is 5.91 Å². The maximum absolute atomic E-state index is 11.9. The van der Waals surface area contributed by atoms with Crippen molar-refractivity contribution in [2.75, 3.05) is 6.54 Å². The van der Waals surface area contributed by atoms with E-state index in [0.29, 0.717) is 17.7 Å². The van der Waals surface area contributed by atoms with Gasteiger partial charge in [0.15, 0.2) is 0 Å². The van der Waals surface area contributed by atoms with Crippen LogP contribution in [0.1, 0.15) is 35.2 Å². The molecule has 2 unspecified atom stereocenters. The molecule has 4 heteroatoms. The number of aliphatic hydroxyl groups excluding tert-OH is 1. The highest BCUT2D eigenvalue weighted by Crippen LogP contribution is 2.24. The normalized spacial score (nSPS) is 22.4. The van der Waals surface area contributed by atoms with Gasteiger partial charge in [-0.15, -0.1) is 0 Å². The Labute approximate surface area is 106 Å².